The summed E-state index contributed by atoms with van der Waals surface area (Å²) in [6.07, 6.45) is 4.66. The van der Waals surface area contributed by atoms with Crippen LogP contribution in [0.3, 0.4) is 0 Å². The van der Waals surface area contributed by atoms with E-state index in [1.807, 2.05) is 90.2 Å². The zero-order valence-corrected chi connectivity index (χ0v) is 22.7. The number of benzene rings is 3. The summed E-state index contributed by atoms with van der Waals surface area (Å²) in [6.45, 7) is 3.83. The Hall–Kier alpha value is -3.63. The fourth-order valence-electron chi connectivity index (χ4n) is 4.88. The van der Waals surface area contributed by atoms with E-state index in [9.17, 15) is 4.79 Å². The van der Waals surface area contributed by atoms with Crippen LogP contribution in [0.2, 0.25) is 0 Å². The molecule has 6 nitrogen and oxygen atoms in total. The lowest BCUT2D eigenvalue weighted by Gasteiger charge is -2.30. The van der Waals surface area contributed by atoms with Gasteiger partial charge in [-0.25, -0.2) is 4.98 Å². The van der Waals surface area contributed by atoms with Crippen molar-refractivity contribution in [2.45, 2.75) is 25.6 Å². The van der Waals surface area contributed by atoms with Crippen molar-refractivity contribution in [1.82, 2.24) is 19.4 Å². The van der Waals surface area contributed by atoms with Crippen molar-refractivity contribution in [3.63, 3.8) is 0 Å². The number of imidazole rings is 1. The average Bonchev–Trinajstić information content (AvgIpc) is 3.25. The Morgan fingerprint density at radius 1 is 0.868 bits per heavy atom. The molecule has 0 aliphatic carbocycles. The highest BCUT2D eigenvalue weighted by molar-refractivity contribution is 5.94. The molecule has 1 unspecified atom stereocenters. The summed E-state index contributed by atoms with van der Waals surface area (Å²) in [5, 5.41) is 9.05. The number of nitriles is 1. The summed E-state index contributed by atoms with van der Waals surface area (Å²) in [5.74, 6) is 0.0807. The van der Waals surface area contributed by atoms with Crippen LogP contribution in [0.4, 0.5) is 0 Å². The van der Waals surface area contributed by atoms with Crippen molar-refractivity contribution in [2.24, 2.45) is 0 Å². The van der Waals surface area contributed by atoms with Gasteiger partial charge in [-0.3, -0.25) is 9.69 Å². The van der Waals surface area contributed by atoms with E-state index in [1.54, 1.807) is 0 Å². The van der Waals surface area contributed by atoms with Gasteiger partial charge in [0.15, 0.2) is 0 Å². The largest absolute Gasteiger partial charge is 0.330 e. The Kier molecular flexibility index (Phi) is 10.5. The molecule has 1 aromatic heterocycles. The van der Waals surface area contributed by atoms with Crippen LogP contribution < -0.4 is 0 Å². The van der Waals surface area contributed by atoms with Crippen molar-refractivity contribution < 1.29 is 4.79 Å². The maximum atomic E-state index is 13.5. The number of hydrogen-bond donors (Lipinski definition) is 0. The fourth-order valence-corrected chi connectivity index (χ4v) is 4.88. The van der Waals surface area contributed by atoms with E-state index in [0.717, 1.165) is 42.9 Å². The first-order valence-electron chi connectivity index (χ1n) is 12.3. The molecule has 0 bridgehead atoms. The highest BCUT2D eigenvalue weighted by atomic mass is 35.5. The zero-order chi connectivity index (χ0) is 24.7. The van der Waals surface area contributed by atoms with Gasteiger partial charge in [-0.1, -0.05) is 60.7 Å². The molecule has 5 rings (SSSR count). The fraction of sp³-hybridized carbons (Fsp3) is 0.233. The molecular formula is C30H31Cl2N5O. The third-order valence-corrected chi connectivity index (χ3v) is 6.84. The third kappa shape index (κ3) is 6.81. The molecule has 1 aliphatic heterocycles. The van der Waals surface area contributed by atoms with Crippen LogP contribution in [-0.4, -0.2) is 44.9 Å². The number of nitrogens with zero attached hydrogens (tertiary/aromatic N) is 5. The minimum atomic E-state index is 0. The zero-order valence-electron chi connectivity index (χ0n) is 21.0. The molecule has 0 N–H and O–H groups in total. The highest BCUT2D eigenvalue weighted by Gasteiger charge is 2.29. The normalized spacial score (nSPS) is 15.4. The molecule has 1 amide bonds. The van der Waals surface area contributed by atoms with Gasteiger partial charge in [-0.2, -0.15) is 5.26 Å². The number of hydrogen-bond acceptors (Lipinski definition) is 4. The molecule has 1 atom stereocenters. The van der Waals surface area contributed by atoms with E-state index in [-0.39, 0.29) is 36.8 Å². The van der Waals surface area contributed by atoms with Crippen LogP contribution >= 0.6 is 24.8 Å². The molecule has 1 saturated heterocycles. The topological polar surface area (TPSA) is 65.2 Å². The van der Waals surface area contributed by atoms with E-state index < -0.39 is 0 Å². The van der Waals surface area contributed by atoms with Gasteiger partial charge in [-0.15, -0.1) is 24.8 Å². The first-order valence-corrected chi connectivity index (χ1v) is 12.3. The number of amides is 1. The third-order valence-electron chi connectivity index (χ3n) is 6.84. The Bertz CT molecular complexity index is 1340. The van der Waals surface area contributed by atoms with E-state index in [0.29, 0.717) is 18.7 Å². The van der Waals surface area contributed by atoms with E-state index in [1.165, 1.54) is 5.56 Å². The SMILES string of the molecule is Cl.Cl.N#Cc1ccc(Cn2cncc2CN2CCC(c3ccccc3)N(C(=O)c3ccccc3)CC2)cc1. The van der Waals surface area contributed by atoms with Crippen molar-refractivity contribution in [1.29, 1.82) is 5.26 Å². The van der Waals surface area contributed by atoms with Crippen molar-refractivity contribution in [3.05, 3.63) is 125 Å². The Balaban J connectivity index is 0.00000200. The lowest BCUT2D eigenvalue weighted by atomic mass is 10.0. The molecule has 2 heterocycles. The predicted molar refractivity (Wildman–Crippen MR) is 154 cm³/mol. The van der Waals surface area contributed by atoms with Crippen LogP contribution in [0.15, 0.2) is 97.5 Å². The quantitative estimate of drug-likeness (QED) is 0.309. The number of rotatable bonds is 6. The Morgan fingerprint density at radius 2 is 1.55 bits per heavy atom. The van der Waals surface area contributed by atoms with Crippen molar-refractivity contribution in [3.8, 4) is 6.07 Å². The number of halogens is 2. The highest BCUT2D eigenvalue weighted by Crippen LogP contribution is 2.29. The van der Waals surface area contributed by atoms with Gasteiger partial charge in [0, 0.05) is 44.5 Å². The lowest BCUT2D eigenvalue weighted by Crippen LogP contribution is -2.37. The molecule has 3 aromatic carbocycles. The molecule has 196 valence electrons. The average molecular weight is 549 g/mol. The second-order valence-corrected chi connectivity index (χ2v) is 9.18. The van der Waals surface area contributed by atoms with Crippen molar-refractivity contribution in [2.75, 3.05) is 19.6 Å². The van der Waals surface area contributed by atoms with Gasteiger partial charge >= 0.3 is 0 Å². The molecule has 0 radical (unpaired) electrons. The summed E-state index contributed by atoms with van der Waals surface area (Å²) in [7, 11) is 0. The van der Waals surface area contributed by atoms with Gasteiger partial charge in [0.05, 0.1) is 29.7 Å². The molecule has 0 spiro atoms. The van der Waals surface area contributed by atoms with Gasteiger partial charge in [0.1, 0.15) is 0 Å². The maximum absolute atomic E-state index is 13.5. The Labute approximate surface area is 236 Å². The summed E-state index contributed by atoms with van der Waals surface area (Å²) in [6, 6.07) is 29.8. The second kappa shape index (κ2) is 13.8. The molecule has 1 aliphatic rings. The van der Waals surface area contributed by atoms with Crippen LogP contribution in [0.25, 0.3) is 0 Å². The van der Waals surface area contributed by atoms with E-state index >= 15 is 0 Å². The molecule has 38 heavy (non-hydrogen) atoms. The van der Waals surface area contributed by atoms with Gasteiger partial charge in [0.25, 0.3) is 5.91 Å². The lowest BCUT2D eigenvalue weighted by molar-refractivity contribution is 0.0685. The number of carbonyl (C=O) groups is 1. The molecule has 8 heteroatoms. The summed E-state index contributed by atoms with van der Waals surface area (Å²) in [5.41, 5.74) is 4.84. The van der Waals surface area contributed by atoms with Crippen molar-refractivity contribution >= 4 is 30.7 Å². The van der Waals surface area contributed by atoms with Gasteiger partial charge in [-0.05, 0) is 41.8 Å². The van der Waals surface area contributed by atoms with E-state index in [4.69, 9.17) is 5.26 Å². The summed E-state index contributed by atoms with van der Waals surface area (Å²) < 4.78 is 2.16. The standard InChI is InChI=1S/C30H29N5O.2ClH/c31-19-24-11-13-25(14-12-24)21-34-23-32-20-28(34)22-33-16-15-29(26-7-3-1-4-8-26)35(18-17-33)30(36)27-9-5-2-6-10-27;;/h1-14,20,23,29H,15-18,21-22H2;2*1H. The first kappa shape index (κ1) is 28.9. The number of aromatic nitrogens is 2. The van der Waals surface area contributed by atoms with Crippen LogP contribution in [-0.2, 0) is 13.1 Å². The monoisotopic (exact) mass is 547 g/mol. The first-order chi connectivity index (χ1) is 17.7. The smallest absolute Gasteiger partial charge is 0.254 e. The van der Waals surface area contributed by atoms with Crippen LogP contribution in [0, 0.1) is 11.3 Å². The minimum Gasteiger partial charge on any atom is -0.330 e. The van der Waals surface area contributed by atoms with Crippen LogP contribution in [0.5, 0.6) is 0 Å². The number of carbonyl (C=O) groups excluding carboxylic acids is 1. The molecular weight excluding hydrogens is 517 g/mol. The van der Waals surface area contributed by atoms with Gasteiger partial charge in [0.2, 0.25) is 0 Å². The minimum absolute atomic E-state index is 0. The second-order valence-electron chi connectivity index (χ2n) is 9.18. The summed E-state index contributed by atoms with van der Waals surface area (Å²) in [4.78, 5) is 22.4. The summed E-state index contributed by atoms with van der Waals surface area (Å²) >= 11 is 0. The Morgan fingerprint density at radius 3 is 2.24 bits per heavy atom. The molecule has 1 fully saturated rings. The maximum Gasteiger partial charge on any atom is 0.254 e. The van der Waals surface area contributed by atoms with Gasteiger partial charge < -0.3 is 9.47 Å². The van der Waals surface area contributed by atoms with Crippen LogP contribution in [0.1, 0.15) is 45.2 Å². The molecule has 0 saturated carbocycles. The predicted octanol–water partition coefficient (Wildman–Crippen LogP) is 5.74. The molecule has 4 aromatic rings. The van der Waals surface area contributed by atoms with E-state index in [2.05, 4.69) is 32.7 Å².